The van der Waals surface area contributed by atoms with Gasteiger partial charge in [-0.2, -0.15) is 0 Å². The second-order valence-corrected chi connectivity index (χ2v) is 5.56. The Kier molecular flexibility index (Phi) is 6.50. The molecular weight excluding hydrogens is 319 g/mol. The van der Waals surface area contributed by atoms with Gasteiger partial charge < -0.3 is 10.4 Å². The van der Waals surface area contributed by atoms with Crippen LogP contribution in [0.5, 0.6) is 0 Å². The molecule has 0 radical (unpaired) electrons. The van der Waals surface area contributed by atoms with Crippen LogP contribution in [-0.4, -0.2) is 22.6 Å². The second-order valence-electron chi connectivity index (χ2n) is 5.15. The number of aliphatic hydroxyl groups is 1. The highest BCUT2D eigenvalue weighted by atomic mass is 35.5. The quantitative estimate of drug-likeness (QED) is 0.817. The number of nitrogens with zero attached hydrogens (tertiary/aromatic N) is 1. The van der Waals surface area contributed by atoms with Crippen LogP contribution in [0.1, 0.15) is 30.1 Å². The number of hydrogen-bond donors (Lipinski definition) is 2. The number of nitrogens with one attached hydrogen (secondary N) is 1. The first kappa shape index (κ1) is 17.4. The topological polar surface area (TPSA) is 62.2 Å². The van der Waals surface area contributed by atoms with Crippen molar-refractivity contribution in [2.24, 2.45) is 0 Å². The van der Waals surface area contributed by atoms with E-state index in [0.717, 1.165) is 5.69 Å². The zero-order valence-corrected chi connectivity index (χ0v) is 13.3. The summed E-state index contributed by atoms with van der Waals surface area (Å²) in [6.07, 6.45) is 3.37. The second kappa shape index (κ2) is 8.60. The van der Waals surface area contributed by atoms with E-state index in [4.69, 9.17) is 11.6 Å². The van der Waals surface area contributed by atoms with Crippen molar-refractivity contribution in [1.82, 2.24) is 10.3 Å². The molecule has 23 heavy (non-hydrogen) atoms. The Morgan fingerprint density at radius 2 is 2.17 bits per heavy atom. The van der Waals surface area contributed by atoms with Gasteiger partial charge in [-0.05, 0) is 42.7 Å². The third-order valence-corrected chi connectivity index (χ3v) is 3.73. The van der Waals surface area contributed by atoms with Crippen LogP contribution in [-0.2, 0) is 11.2 Å². The van der Waals surface area contributed by atoms with Gasteiger partial charge >= 0.3 is 0 Å². The van der Waals surface area contributed by atoms with Crippen molar-refractivity contribution in [3.8, 4) is 0 Å². The maximum Gasteiger partial charge on any atom is 0.220 e. The third kappa shape index (κ3) is 5.30. The summed E-state index contributed by atoms with van der Waals surface area (Å²) in [5.41, 5.74) is 1.41. The minimum Gasteiger partial charge on any atom is -0.394 e. The molecule has 1 amide bonds. The fraction of sp³-hybridized carbons (Fsp3) is 0.294. The highest BCUT2D eigenvalue weighted by Gasteiger charge is 2.15. The summed E-state index contributed by atoms with van der Waals surface area (Å²) >= 11 is 5.63. The van der Waals surface area contributed by atoms with Crippen molar-refractivity contribution in [3.63, 3.8) is 0 Å². The number of carbonyl (C=O) groups is 1. The summed E-state index contributed by atoms with van der Waals surface area (Å²) in [7, 11) is 0. The number of aliphatic hydroxyl groups excluding tert-OH is 1. The Morgan fingerprint density at radius 3 is 2.83 bits per heavy atom. The molecule has 2 rings (SSSR count). The molecule has 1 atom stereocenters. The fourth-order valence-electron chi connectivity index (χ4n) is 2.21. The van der Waals surface area contributed by atoms with Gasteiger partial charge in [-0.1, -0.05) is 23.7 Å². The lowest BCUT2D eigenvalue weighted by Crippen LogP contribution is -2.30. The smallest absolute Gasteiger partial charge is 0.220 e. The zero-order valence-electron chi connectivity index (χ0n) is 12.5. The van der Waals surface area contributed by atoms with E-state index in [9.17, 15) is 14.3 Å². The lowest BCUT2D eigenvalue weighted by Gasteiger charge is -2.17. The maximum absolute atomic E-state index is 13.5. The molecule has 1 aromatic carbocycles. The number of carbonyl (C=O) groups excluding carboxylic acids is 1. The number of halogens is 2. The molecule has 1 unspecified atom stereocenters. The average Bonchev–Trinajstić information content (AvgIpc) is 2.56. The van der Waals surface area contributed by atoms with E-state index < -0.39 is 11.9 Å². The van der Waals surface area contributed by atoms with Crippen LogP contribution in [0.2, 0.25) is 5.02 Å². The Morgan fingerprint density at radius 1 is 1.35 bits per heavy atom. The first-order valence-electron chi connectivity index (χ1n) is 7.35. The van der Waals surface area contributed by atoms with E-state index in [1.165, 1.54) is 12.1 Å². The lowest BCUT2D eigenvalue weighted by atomic mass is 10.1. The number of benzene rings is 1. The lowest BCUT2D eigenvalue weighted by molar-refractivity contribution is -0.122. The predicted octanol–water partition coefficient (Wildman–Crippen LogP) is 3.05. The van der Waals surface area contributed by atoms with E-state index >= 15 is 0 Å². The van der Waals surface area contributed by atoms with Crippen LogP contribution >= 0.6 is 11.6 Å². The minimum absolute atomic E-state index is 0.00660. The molecule has 122 valence electrons. The van der Waals surface area contributed by atoms with Gasteiger partial charge in [-0.25, -0.2) is 4.39 Å². The monoisotopic (exact) mass is 336 g/mol. The Labute approximate surface area is 139 Å². The van der Waals surface area contributed by atoms with E-state index in [-0.39, 0.29) is 17.5 Å². The Hall–Kier alpha value is -1.98. The van der Waals surface area contributed by atoms with Crippen LogP contribution in [0, 0.1) is 5.82 Å². The van der Waals surface area contributed by atoms with Crippen LogP contribution in [0.4, 0.5) is 4.39 Å². The molecule has 1 heterocycles. The van der Waals surface area contributed by atoms with Gasteiger partial charge in [0.25, 0.3) is 0 Å². The van der Waals surface area contributed by atoms with Crippen molar-refractivity contribution in [3.05, 3.63) is 64.7 Å². The van der Waals surface area contributed by atoms with Crippen molar-refractivity contribution in [1.29, 1.82) is 0 Å². The van der Waals surface area contributed by atoms with Gasteiger partial charge in [0, 0.05) is 18.3 Å². The molecule has 0 aliphatic rings. The van der Waals surface area contributed by atoms with E-state index in [2.05, 4.69) is 10.3 Å². The van der Waals surface area contributed by atoms with Crippen LogP contribution in [0.3, 0.4) is 0 Å². The summed E-state index contributed by atoms with van der Waals surface area (Å²) in [4.78, 5) is 16.2. The Balaban J connectivity index is 1.85. The zero-order chi connectivity index (χ0) is 16.7. The number of rotatable bonds is 7. The molecule has 0 saturated heterocycles. The fourth-order valence-corrected chi connectivity index (χ4v) is 2.32. The highest BCUT2D eigenvalue weighted by Crippen LogP contribution is 2.20. The molecule has 2 aromatic rings. The normalized spacial score (nSPS) is 12.0. The summed E-state index contributed by atoms with van der Waals surface area (Å²) in [6, 6.07) is 9.21. The van der Waals surface area contributed by atoms with Crippen LogP contribution in [0.25, 0.3) is 0 Å². The SMILES string of the molecule is O=C(CCCc1ccccn1)NC(CO)c1ccc(Cl)c(F)c1. The molecule has 6 heteroatoms. The molecule has 1 aromatic heterocycles. The summed E-state index contributed by atoms with van der Waals surface area (Å²) in [5, 5.41) is 12.1. The number of aromatic nitrogens is 1. The maximum atomic E-state index is 13.5. The molecule has 0 saturated carbocycles. The van der Waals surface area contributed by atoms with Gasteiger partial charge in [0.1, 0.15) is 5.82 Å². The number of hydrogen-bond acceptors (Lipinski definition) is 3. The van der Waals surface area contributed by atoms with Crippen molar-refractivity contribution in [2.75, 3.05) is 6.61 Å². The number of pyridine rings is 1. The van der Waals surface area contributed by atoms with E-state index in [1.54, 1.807) is 12.3 Å². The largest absolute Gasteiger partial charge is 0.394 e. The predicted molar refractivity (Wildman–Crippen MR) is 86.6 cm³/mol. The van der Waals surface area contributed by atoms with E-state index in [1.807, 2.05) is 18.2 Å². The molecular formula is C17H18ClFN2O2. The van der Waals surface area contributed by atoms with Gasteiger partial charge in [0.2, 0.25) is 5.91 Å². The highest BCUT2D eigenvalue weighted by molar-refractivity contribution is 6.30. The number of amides is 1. The van der Waals surface area contributed by atoms with Crippen LogP contribution < -0.4 is 5.32 Å². The van der Waals surface area contributed by atoms with Gasteiger partial charge in [-0.15, -0.1) is 0 Å². The van der Waals surface area contributed by atoms with Gasteiger partial charge in [-0.3, -0.25) is 9.78 Å². The van der Waals surface area contributed by atoms with Gasteiger partial charge in [0.05, 0.1) is 17.7 Å². The minimum atomic E-state index is -0.649. The molecule has 0 spiro atoms. The van der Waals surface area contributed by atoms with Crippen LogP contribution in [0.15, 0.2) is 42.6 Å². The molecule has 0 fully saturated rings. The first-order valence-corrected chi connectivity index (χ1v) is 7.73. The Bertz CT molecular complexity index is 652. The van der Waals surface area contributed by atoms with Gasteiger partial charge in [0.15, 0.2) is 0 Å². The van der Waals surface area contributed by atoms with Crippen molar-refractivity contribution in [2.45, 2.75) is 25.3 Å². The number of aryl methyl sites for hydroxylation is 1. The summed E-state index contributed by atoms with van der Waals surface area (Å²) < 4.78 is 13.5. The van der Waals surface area contributed by atoms with E-state index in [0.29, 0.717) is 24.8 Å². The average molecular weight is 337 g/mol. The first-order chi connectivity index (χ1) is 11.1. The molecule has 0 bridgehead atoms. The summed E-state index contributed by atoms with van der Waals surface area (Å²) in [6.45, 7) is -0.312. The summed E-state index contributed by atoms with van der Waals surface area (Å²) in [5.74, 6) is -0.776. The third-order valence-electron chi connectivity index (χ3n) is 3.43. The molecule has 2 N–H and O–H groups in total. The molecule has 0 aliphatic heterocycles. The molecule has 0 aliphatic carbocycles. The van der Waals surface area contributed by atoms with Crippen molar-refractivity contribution < 1.29 is 14.3 Å². The standard InChI is InChI=1S/C17H18ClFN2O2/c18-14-8-7-12(10-15(14)19)16(11-22)21-17(23)6-3-5-13-4-1-2-9-20-13/h1-2,4,7-10,16,22H,3,5-6,11H2,(H,21,23). The molecule has 4 nitrogen and oxygen atoms in total. The van der Waals surface area contributed by atoms with Crippen molar-refractivity contribution >= 4 is 17.5 Å².